The van der Waals surface area contributed by atoms with Crippen molar-refractivity contribution in [2.24, 2.45) is 17.8 Å². The molecule has 1 heterocycles. The summed E-state index contributed by atoms with van der Waals surface area (Å²) < 4.78 is 18.5. The van der Waals surface area contributed by atoms with Gasteiger partial charge in [-0.1, -0.05) is 0 Å². The summed E-state index contributed by atoms with van der Waals surface area (Å²) in [4.78, 5) is 27.6. The number of nitrogens with zero attached hydrogens (tertiary/aromatic N) is 1. The Morgan fingerprint density at radius 2 is 1.65 bits per heavy atom. The summed E-state index contributed by atoms with van der Waals surface area (Å²) in [6.07, 6.45) is 11.8. The first kappa shape index (κ1) is 25.3. The summed E-state index contributed by atoms with van der Waals surface area (Å²) in [5.41, 5.74) is 0.631. The van der Waals surface area contributed by atoms with E-state index >= 15 is 0 Å². The molecule has 0 bridgehead atoms. The van der Waals surface area contributed by atoms with E-state index in [1.54, 1.807) is 19.2 Å². The number of ether oxygens (including phenoxy) is 1. The van der Waals surface area contributed by atoms with E-state index in [9.17, 15) is 14.0 Å². The average molecular weight is 473 g/mol. The van der Waals surface area contributed by atoms with Gasteiger partial charge >= 0.3 is 0 Å². The van der Waals surface area contributed by atoms with Crippen LogP contribution in [-0.4, -0.2) is 55.5 Å². The lowest BCUT2D eigenvalue weighted by Crippen LogP contribution is -2.39. The van der Waals surface area contributed by atoms with E-state index in [1.165, 1.54) is 31.4 Å². The van der Waals surface area contributed by atoms with E-state index in [0.29, 0.717) is 30.0 Å². The van der Waals surface area contributed by atoms with Gasteiger partial charge in [0.2, 0.25) is 5.91 Å². The van der Waals surface area contributed by atoms with Crippen molar-refractivity contribution in [1.29, 1.82) is 0 Å². The number of amides is 1. The molecule has 0 radical (unpaired) electrons. The van der Waals surface area contributed by atoms with Gasteiger partial charge in [0, 0.05) is 31.1 Å². The molecule has 4 rings (SSSR count). The van der Waals surface area contributed by atoms with Gasteiger partial charge in [-0.2, -0.15) is 0 Å². The molecule has 34 heavy (non-hydrogen) atoms. The number of carbonyl (C=O) groups is 2. The van der Waals surface area contributed by atoms with Crippen molar-refractivity contribution >= 4 is 11.7 Å². The SMILES string of the molecule is CO[C@@H]1CC[C@H](CC(=O)N[C@H]2CC[C@H](CCN3CCC(C(=O)c4ccc(F)cc4)CC3)CC2)C1. The summed E-state index contributed by atoms with van der Waals surface area (Å²) in [5.74, 6) is 1.37. The highest BCUT2D eigenvalue weighted by Gasteiger charge is 2.29. The fourth-order valence-electron chi connectivity index (χ4n) is 6.21. The zero-order valence-corrected chi connectivity index (χ0v) is 20.6. The van der Waals surface area contributed by atoms with Crippen LogP contribution in [0.4, 0.5) is 4.39 Å². The van der Waals surface area contributed by atoms with E-state index in [-0.39, 0.29) is 23.4 Å². The number of carbonyl (C=O) groups excluding carboxylic acids is 2. The average Bonchev–Trinajstić information content (AvgIpc) is 3.31. The van der Waals surface area contributed by atoms with Crippen LogP contribution in [0.2, 0.25) is 0 Å². The second kappa shape index (κ2) is 12.3. The number of piperidine rings is 1. The van der Waals surface area contributed by atoms with Crippen LogP contribution in [-0.2, 0) is 9.53 Å². The second-order valence-electron chi connectivity index (χ2n) is 10.8. The topological polar surface area (TPSA) is 58.6 Å². The highest BCUT2D eigenvalue weighted by Crippen LogP contribution is 2.31. The van der Waals surface area contributed by atoms with Crippen molar-refractivity contribution in [3.05, 3.63) is 35.6 Å². The van der Waals surface area contributed by atoms with Gasteiger partial charge < -0.3 is 15.0 Å². The van der Waals surface area contributed by atoms with E-state index in [4.69, 9.17) is 4.74 Å². The third-order valence-corrected chi connectivity index (χ3v) is 8.45. The molecule has 1 aliphatic heterocycles. The van der Waals surface area contributed by atoms with Gasteiger partial charge in [-0.25, -0.2) is 4.39 Å². The fraction of sp³-hybridized carbons (Fsp3) is 0.714. The summed E-state index contributed by atoms with van der Waals surface area (Å²) in [7, 11) is 1.77. The largest absolute Gasteiger partial charge is 0.381 e. The number of methoxy groups -OCH3 is 1. The Morgan fingerprint density at radius 1 is 0.971 bits per heavy atom. The predicted molar refractivity (Wildman–Crippen MR) is 131 cm³/mol. The maximum Gasteiger partial charge on any atom is 0.220 e. The smallest absolute Gasteiger partial charge is 0.220 e. The van der Waals surface area contributed by atoms with Crippen LogP contribution in [0.3, 0.4) is 0 Å². The number of likely N-dealkylation sites (tertiary alicyclic amines) is 1. The number of hydrogen-bond donors (Lipinski definition) is 1. The van der Waals surface area contributed by atoms with Crippen molar-refractivity contribution in [3.63, 3.8) is 0 Å². The number of rotatable bonds is 9. The van der Waals surface area contributed by atoms with Gasteiger partial charge in [0.25, 0.3) is 0 Å². The number of nitrogens with one attached hydrogen (secondary N) is 1. The lowest BCUT2D eigenvalue weighted by molar-refractivity contribution is -0.123. The fourth-order valence-corrected chi connectivity index (χ4v) is 6.21. The molecular weight excluding hydrogens is 431 g/mol. The summed E-state index contributed by atoms with van der Waals surface area (Å²) >= 11 is 0. The Labute approximate surface area is 203 Å². The number of ketones is 1. The van der Waals surface area contributed by atoms with Crippen molar-refractivity contribution in [3.8, 4) is 0 Å². The number of hydrogen-bond acceptors (Lipinski definition) is 4. The highest BCUT2D eigenvalue weighted by atomic mass is 19.1. The number of benzene rings is 1. The van der Waals surface area contributed by atoms with Gasteiger partial charge in [0.05, 0.1) is 6.10 Å². The normalized spacial score (nSPS) is 28.6. The van der Waals surface area contributed by atoms with Gasteiger partial charge in [0.1, 0.15) is 5.82 Å². The standard InChI is InChI=1S/C28H41FN2O3/c1-34-26-11-4-21(18-26)19-27(32)30-25-9-2-20(3-10-25)12-15-31-16-13-23(14-17-31)28(33)22-5-7-24(29)8-6-22/h5-8,20-21,23,25-26H,2-4,9-19H2,1H3,(H,30,32)/t20-,21-,25-,26+/m0/s1. The Hall–Kier alpha value is -1.79. The molecule has 2 saturated carbocycles. The lowest BCUT2D eigenvalue weighted by Gasteiger charge is -2.34. The molecule has 0 aromatic heterocycles. The molecule has 188 valence electrons. The lowest BCUT2D eigenvalue weighted by atomic mass is 9.83. The Morgan fingerprint density at radius 3 is 2.29 bits per heavy atom. The van der Waals surface area contributed by atoms with Crippen LogP contribution in [0.5, 0.6) is 0 Å². The van der Waals surface area contributed by atoms with Crippen LogP contribution in [0.15, 0.2) is 24.3 Å². The highest BCUT2D eigenvalue weighted by molar-refractivity contribution is 5.97. The predicted octanol–water partition coefficient (Wildman–Crippen LogP) is 4.99. The molecule has 6 heteroatoms. The van der Waals surface area contributed by atoms with E-state index in [2.05, 4.69) is 10.2 Å². The van der Waals surface area contributed by atoms with Crippen LogP contribution in [0.25, 0.3) is 0 Å². The van der Waals surface area contributed by atoms with Crippen LogP contribution in [0, 0.1) is 23.6 Å². The minimum atomic E-state index is -0.299. The Balaban J connectivity index is 1.09. The van der Waals surface area contributed by atoms with E-state index < -0.39 is 0 Å². The maximum absolute atomic E-state index is 13.1. The molecule has 1 aromatic carbocycles. The molecule has 5 nitrogen and oxygen atoms in total. The minimum absolute atomic E-state index is 0.0605. The Bertz CT molecular complexity index is 798. The first-order chi connectivity index (χ1) is 16.5. The molecule has 0 unspecified atom stereocenters. The minimum Gasteiger partial charge on any atom is -0.381 e. The monoisotopic (exact) mass is 472 g/mol. The van der Waals surface area contributed by atoms with Crippen LogP contribution >= 0.6 is 0 Å². The molecule has 1 amide bonds. The van der Waals surface area contributed by atoms with E-state index in [1.807, 2.05) is 0 Å². The third-order valence-electron chi connectivity index (χ3n) is 8.45. The van der Waals surface area contributed by atoms with Crippen molar-refractivity contribution in [1.82, 2.24) is 10.2 Å². The summed E-state index contributed by atoms with van der Waals surface area (Å²) in [6.45, 7) is 3.03. The molecular formula is C28H41FN2O3. The molecule has 1 N–H and O–H groups in total. The Kier molecular flexibility index (Phi) is 9.12. The van der Waals surface area contributed by atoms with Gasteiger partial charge in [-0.05, 0) is 120 Å². The van der Waals surface area contributed by atoms with Crippen molar-refractivity contribution < 1.29 is 18.7 Å². The molecule has 1 saturated heterocycles. The molecule has 3 fully saturated rings. The van der Waals surface area contributed by atoms with Gasteiger partial charge in [0.15, 0.2) is 5.78 Å². The van der Waals surface area contributed by atoms with Gasteiger partial charge in [-0.15, -0.1) is 0 Å². The van der Waals surface area contributed by atoms with Crippen molar-refractivity contribution in [2.45, 2.75) is 82.8 Å². The van der Waals surface area contributed by atoms with Crippen molar-refractivity contribution in [2.75, 3.05) is 26.7 Å². The van der Waals surface area contributed by atoms with Crippen LogP contribution < -0.4 is 5.32 Å². The first-order valence-corrected chi connectivity index (χ1v) is 13.3. The molecule has 1 aromatic rings. The zero-order chi connectivity index (χ0) is 23.9. The number of halogens is 1. The summed E-state index contributed by atoms with van der Waals surface area (Å²) in [5, 5.41) is 3.29. The molecule has 0 spiro atoms. The zero-order valence-electron chi connectivity index (χ0n) is 20.6. The number of Topliss-reactive ketones (excluding diaryl/α,β-unsaturated/α-hetero) is 1. The maximum atomic E-state index is 13.1. The molecule has 2 aliphatic carbocycles. The quantitative estimate of drug-likeness (QED) is 0.515. The first-order valence-electron chi connectivity index (χ1n) is 13.3. The second-order valence-corrected chi connectivity index (χ2v) is 10.8. The summed E-state index contributed by atoms with van der Waals surface area (Å²) in [6, 6.07) is 6.30. The molecule has 2 atom stereocenters. The van der Waals surface area contributed by atoms with Gasteiger partial charge in [-0.3, -0.25) is 9.59 Å². The van der Waals surface area contributed by atoms with Crippen LogP contribution in [0.1, 0.15) is 81.0 Å². The van der Waals surface area contributed by atoms with E-state index in [0.717, 1.165) is 70.5 Å². The third kappa shape index (κ3) is 7.11. The molecule has 3 aliphatic rings.